The predicted molar refractivity (Wildman–Crippen MR) is 64.0 cm³/mol. The lowest BCUT2D eigenvalue weighted by Crippen LogP contribution is -2.44. The van der Waals surface area contributed by atoms with E-state index in [4.69, 9.17) is 0 Å². The Hall–Kier alpha value is -0.550. The Kier molecular flexibility index (Phi) is 3.78. The van der Waals surface area contributed by atoms with Crippen LogP contribution in [0.15, 0.2) is 28.7 Å². The Bertz CT molecular complexity index is 368. The van der Waals surface area contributed by atoms with E-state index in [0.717, 1.165) is 17.3 Å². The van der Waals surface area contributed by atoms with Crippen molar-refractivity contribution in [3.8, 4) is 0 Å². The number of rotatable bonds is 3. The average Bonchev–Trinajstić information content (AvgIpc) is 2.16. The van der Waals surface area contributed by atoms with Gasteiger partial charge >= 0.3 is 6.18 Å². The molecule has 1 aliphatic rings. The van der Waals surface area contributed by atoms with Crippen molar-refractivity contribution in [3.05, 3.63) is 34.3 Å². The molecular weight excluding hydrogens is 295 g/mol. The zero-order chi connectivity index (χ0) is 12.5. The second-order valence-corrected chi connectivity index (χ2v) is 5.33. The van der Waals surface area contributed by atoms with Crippen molar-refractivity contribution >= 4 is 15.9 Å². The lowest BCUT2D eigenvalue weighted by atomic mass is 9.76. The maximum Gasteiger partial charge on any atom is 0.401 e. The molecule has 1 aromatic carbocycles. The van der Waals surface area contributed by atoms with Crippen molar-refractivity contribution in [2.24, 2.45) is 0 Å². The molecule has 5 heteroatoms. The van der Waals surface area contributed by atoms with Gasteiger partial charge in [0, 0.05) is 10.5 Å². The zero-order valence-corrected chi connectivity index (χ0v) is 10.7. The molecule has 1 nitrogen and oxygen atoms in total. The van der Waals surface area contributed by atoms with Gasteiger partial charge in [-0.15, -0.1) is 0 Å². The minimum atomic E-state index is -4.11. The molecule has 0 radical (unpaired) electrons. The van der Waals surface area contributed by atoms with Gasteiger partial charge in [-0.05, 0) is 36.5 Å². The van der Waals surface area contributed by atoms with Gasteiger partial charge in [0.15, 0.2) is 0 Å². The molecule has 1 saturated carbocycles. The maximum atomic E-state index is 12.0. The number of hydrogen-bond donors (Lipinski definition) is 1. The van der Waals surface area contributed by atoms with Crippen LogP contribution in [0, 0.1) is 0 Å². The van der Waals surface area contributed by atoms with Crippen LogP contribution in [0.3, 0.4) is 0 Å². The van der Waals surface area contributed by atoms with E-state index in [9.17, 15) is 13.2 Å². The van der Waals surface area contributed by atoms with Gasteiger partial charge in [-0.25, -0.2) is 0 Å². The molecule has 0 unspecified atom stereocenters. The van der Waals surface area contributed by atoms with Crippen LogP contribution in [0.4, 0.5) is 13.2 Å². The third-order valence-electron chi connectivity index (χ3n) is 3.07. The molecule has 0 aromatic heterocycles. The molecule has 17 heavy (non-hydrogen) atoms. The molecule has 0 bridgehead atoms. The van der Waals surface area contributed by atoms with E-state index in [2.05, 4.69) is 21.2 Å². The van der Waals surface area contributed by atoms with Gasteiger partial charge in [0.05, 0.1) is 6.54 Å². The average molecular weight is 308 g/mol. The zero-order valence-electron chi connectivity index (χ0n) is 9.10. The van der Waals surface area contributed by atoms with E-state index in [-0.39, 0.29) is 6.04 Å². The summed E-state index contributed by atoms with van der Waals surface area (Å²) in [6, 6.07) is 7.98. The summed E-state index contributed by atoms with van der Waals surface area (Å²) in [6.45, 7) is -0.884. The highest BCUT2D eigenvalue weighted by Crippen LogP contribution is 2.37. The summed E-state index contributed by atoms with van der Waals surface area (Å²) in [5.74, 6) is 0.397. The molecule has 1 aromatic rings. The largest absolute Gasteiger partial charge is 0.401 e. The minimum Gasteiger partial charge on any atom is -0.306 e. The number of halogens is 4. The highest BCUT2D eigenvalue weighted by Gasteiger charge is 2.34. The van der Waals surface area contributed by atoms with E-state index >= 15 is 0 Å². The van der Waals surface area contributed by atoms with Gasteiger partial charge in [0.25, 0.3) is 0 Å². The first kappa shape index (κ1) is 12.9. The summed E-state index contributed by atoms with van der Waals surface area (Å²) in [4.78, 5) is 0. The van der Waals surface area contributed by atoms with Gasteiger partial charge in [-0.1, -0.05) is 28.1 Å². The van der Waals surface area contributed by atoms with Gasteiger partial charge in [0.2, 0.25) is 0 Å². The van der Waals surface area contributed by atoms with Crippen molar-refractivity contribution in [1.29, 1.82) is 0 Å². The SMILES string of the molecule is FC(F)(F)CNC1CC(c2ccc(Br)cc2)C1. The van der Waals surface area contributed by atoms with E-state index < -0.39 is 12.7 Å². The van der Waals surface area contributed by atoms with Crippen molar-refractivity contribution in [3.63, 3.8) is 0 Å². The maximum absolute atomic E-state index is 12.0. The normalized spacial score (nSPS) is 24.5. The lowest BCUT2D eigenvalue weighted by molar-refractivity contribution is -0.127. The highest BCUT2D eigenvalue weighted by atomic mass is 79.9. The third kappa shape index (κ3) is 3.71. The Labute approximate surface area is 107 Å². The fourth-order valence-corrected chi connectivity index (χ4v) is 2.32. The second-order valence-electron chi connectivity index (χ2n) is 4.41. The summed E-state index contributed by atoms with van der Waals surface area (Å²) < 4.78 is 36.9. The fourth-order valence-electron chi connectivity index (χ4n) is 2.05. The second kappa shape index (κ2) is 4.98. The number of alkyl halides is 3. The molecule has 0 aliphatic heterocycles. The summed E-state index contributed by atoms with van der Waals surface area (Å²) >= 11 is 3.36. The number of hydrogen-bond acceptors (Lipinski definition) is 1. The van der Waals surface area contributed by atoms with E-state index in [1.807, 2.05) is 24.3 Å². The number of benzene rings is 1. The summed E-state index contributed by atoms with van der Waals surface area (Å²) in [5.41, 5.74) is 1.21. The molecule has 0 atom stereocenters. The third-order valence-corrected chi connectivity index (χ3v) is 3.60. The standard InChI is InChI=1S/C12H13BrF3N/c13-10-3-1-8(2-4-10)9-5-11(6-9)17-7-12(14,15)16/h1-4,9,11,17H,5-7H2. The Balaban J connectivity index is 1.77. The van der Waals surface area contributed by atoms with Gasteiger partial charge in [0.1, 0.15) is 0 Å². The molecule has 0 saturated heterocycles. The van der Waals surface area contributed by atoms with Crippen LogP contribution in [-0.2, 0) is 0 Å². The topological polar surface area (TPSA) is 12.0 Å². The highest BCUT2D eigenvalue weighted by molar-refractivity contribution is 9.10. The first-order valence-electron chi connectivity index (χ1n) is 5.49. The Morgan fingerprint density at radius 3 is 2.29 bits per heavy atom. The molecule has 1 fully saturated rings. The Morgan fingerprint density at radius 1 is 1.18 bits per heavy atom. The van der Waals surface area contributed by atoms with Gasteiger partial charge < -0.3 is 5.32 Å². The minimum absolute atomic E-state index is 0.00488. The van der Waals surface area contributed by atoms with E-state index in [0.29, 0.717) is 5.92 Å². The van der Waals surface area contributed by atoms with Crippen molar-refractivity contribution in [2.45, 2.75) is 31.0 Å². The number of nitrogens with one attached hydrogen (secondary N) is 1. The molecule has 0 spiro atoms. The first-order chi connectivity index (χ1) is 7.94. The predicted octanol–water partition coefficient (Wildman–Crippen LogP) is 3.85. The molecular formula is C12H13BrF3N. The smallest absolute Gasteiger partial charge is 0.306 e. The van der Waals surface area contributed by atoms with Crippen molar-refractivity contribution in [1.82, 2.24) is 5.32 Å². The molecule has 2 rings (SSSR count). The summed E-state index contributed by atoms with van der Waals surface area (Å²) in [6.07, 6.45) is -2.53. The van der Waals surface area contributed by atoms with Crippen LogP contribution < -0.4 is 5.32 Å². The Morgan fingerprint density at radius 2 is 1.76 bits per heavy atom. The van der Waals surface area contributed by atoms with E-state index in [1.165, 1.54) is 5.56 Å². The molecule has 1 N–H and O–H groups in total. The van der Waals surface area contributed by atoms with Crippen LogP contribution in [0.1, 0.15) is 24.3 Å². The van der Waals surface area contributed by atoms with Crippen molar-refractivity contribution in [2.75, 3.05) is 6.54 Å². The van der Waals surface area contributed by atoms with Crippen LogP contribution in [0.25, 0.3) is 0 Å². The van der Waals surface area contributed by atoms with Crippen LogP contribution >= 0.6 is 15.9 Å². The molecule has 0 heterocycles. The van der Waals surface area contributed by atoms with Gasteiger partial charge in [-0.2, -0.15) is 13.2 Å². The first-order valence-corrected chi connectivity index (χ1v) is 6.29. The molecule has 1 aliphatic carbocycles. The van der Waals surface area contributed by atoms with Crippen molar-refractivity contribution < 1.29 is 13.2 Å². The summed E-state index contributed by atoms with van der Waals surface area (Å²) in [7, 11) is 0. The quantitative estimate of drug-likeness (QED) is 0.894. The monoisotopic (exact) mass is 307 g/mol. The van der Waals surface area contributed by atoms with Crippen LogP contribution in [-0.4, -0.2) is 18.8 Å². The van der Waals surface area contributed by atoms with Crippen LogP contribution in [0.2, 0.25) is 0 Å². The summed E-state index contributed by atoms with van der Waals surface area (Å²) in [5, 5.41) is 2.54. The van der Waals surface area contributed by atoms with Crippen LogP contribution in [0.5, 0.6) is 0 Å². The van der Waals surface area contributed by atoms with Gasteiger partial charge in [-0.3, -0.25) is 0 Å². The molecule has 0 amide bonds. The lowest BCUT2D eigenvalue weighted by Gasteiger charge is -2.36. The fraction of sp³-hybridized carbons (Fsp3) is 0.500. The molecule has 94 valence electrons. The van der Waals surface area contributed by atoms with E-state index in [1.54, 1.807) is 0 Å².